The van der Waals surface area contributed by atoms with E-state index in [4.69, 9.17) is 0 Å². The predicted molar refractivity (Wildman–Crippen MR) is 108 cm³/mol. The summed E-state index contributed by atoms with van der Waals surface area (Å²) in [6.45, 7) is 8.10. The Hall–Kier alpha value is -2.18. The van der Waals surface area contributed by atoms with Crippen molar-refractivity contribution in [2.24, 2.45) is 0 Å². The molecular formula is C21H30N4O2. The van der Waals surface area contributed by atoms with Gasteiger partial charge in [-0.3, -0.25) is 19.4 Å². The lowest BCUT2D eigenvalue weighted by atomic mass is 9.86. The van der Waals surface area contributed by atoms with Gasteiger partial charge in [-0.15, -0.1) is 6.58 Å². The van der Waals surface area contributed by atoms with E-state index in [0.29, 0.717) is 19.5 Å². The third-order valence-corrected chi connectivity index (χ3v) is 5.86. The minimum Gasteiger partial charge on any atom is -0.339 e. The summed E-state index contributed by atoms with van der Waals surface area (Å²) in [7, 11) is 2.15. The minimum atomic E-state index is -0.0448. The summed E-state index contributed by atoms with van der Waals surface area (Å²) in [6, 6.07) is 9.56. The highest BCUT2D eigenvalue weighted by Crippen LogP contribution is 2.32. The van der Waals surface area contributed by atoms with E-state index in [2.05, 4.69) is 28.7 Å². The number of rotatable bonds is 5. The first-order valence-corrected chi connectivity index (χ1v) is 9.69. The van der Waals surface area contributed by atoms with E-state index in [-0.39, 0.29) is 17.4 Å². The Morgan fingerprint density at radius 3 is 2.74 bits per heavy atom. The summed E-state index contributed by atoms with van der Waals surface area (Å²) in [5.74, 6) is 0.220. The van der Waals surface area contributed by atoms with Crippen LogP contribution in [0.25, 0.3) is 0 Å². The molecule has 2 amide bonds. The molecule has 146 valence electrons. The minimum absolute atomic E-state index is 0.0129. The van der Waals surface area contributed by atoms with Crippen molar-refractivity contribution in [3.8, 4) is 0 Å². The maximum Gasteiger partial charge on any atom is 0.238 e. The van der Waals surface area contributed by atoms with Gasteiger partial charge in [0.15, 0.2) is 0 Å². The fraction of sp³-hybridized carbons (Fsp3) is 0.524. The third kappa shape index (κ3) is 4.76. The van der Waals surface area contributed by atoms with Crippen LogP contribution in [0, 0.1) is 0 Å². The van der Waals surface area contributed by atoms with Gasteiger partial charge in [-0.1, -0.05) is 24.3 Å². The van der Waals surface area contributed by atoms with Gasteiger partial charge in [-0.25, -0.2) is 0 Å². The first-order chi connectivity index (χ1) is 13.0. The van der Waals surface area contributed by atoms with Crippen LogP contribution >= 0.6 is 0 Å². The second kappa shape index (κ2) is 8.67. The van der Waals surface area contributed by atoms with Crippen LogP contribution in [0.2, 0.25) is 0 Å². The standard InChI is InChI=1S/C21H30N4O2/c1-3-12-25-13-11-21(10-9-20(25)27)17-24(15-14-23(21)2)16-19(26)22-18-7-5-4-6-8-18/h3-8H,1,9-17H2,2H3,(H,22,26). The Morgan fingerprint density at radius 2 is 2.00 bits per heavy atom. The van der Waals surface area contributed by atoms with Crippen LogP contribution in [-0.4, -0.2) is 78.4 Å². The SMILES string of the molecule is C=CCN1CCC2(CCC1=O)CN(CC(=O)Nc1ccccc1)CCN2C. The lowest BCUT2D eigenvalue weighted by molar-refractivity contribution is -0.130. The first kappa shape index (κ1) is 19.6. The number of anilines is 1. The van der Waals surface area contributed by atoms with E-state index in [9.17, 15) is 9.59 Å². The predicted octanol–water partition coefficient (Wildman–Crippen LogP) is 1.81. The number of piperazine rings is 1. The summed E-state index contributed by atoms with van der Waals surface area (Å²) >= 11 is 0. The molecule has 1 N–H and O–H groups in total. The first-order valence-electron chi connectivity index (χ1n) is 9.69. The van der Waals surface area contributed by atoms with Crippen LogP contribution < -0.4 is 5.32 Å². The molecule has 2 saturated heterocycles. The smallest absolute Gasteiger partial charge is 0.238 e. The molecule has 1 unspecified atom stereocenters. The van der Waals surface area contributed by atoms with Gasteiger partial charge in [0, 0.05) is 50.4 Å². The number of nitrogens with one attached hydrogen (secondary N) is 1. The highest BCUT2D eigenvalue weighted by molar-refractivity contribution is 5.92. The lowest BCUT2D eigenvalue weighted by Crippen LogP contribution is -2.61. The fourth-order valence-electron chi connectivity index (χ4n) is 4.18. The summed E-state index contributed by atoms with van der Waals surface area (Å²) in [5, 5.41) is 2.97. The van der Waals surface area contributed by atoms with Crippen LogP contribution in [-0.2, 0) is 9.59 Å². The average molecular weight is 370 g/mol. The van der Waals surface area contributed by atoms with Crippen molar-refractivity contribution in [3.63, 3.8) is 0 Å². The normalized spacial score (nSPS) is 24.6. The third-order valence-electron chi connectivity index (χ3n) is 5.86. The highest BCUT2D eigenvalue weighted by atomic mass is 16.2. The Balaban J connectivity index is 1.62. The summed E-state index contributed by atoms with van der Waals surface area (Å²) in [6.07, 6.45) is 4.12. The van der Waals surface area contributed by atoms with Gasteiger partial charge in [-0.2, -0.15) is 0 Å². The molecule has 2 fully saturated rings. The molecule has 0 bridgehead atoms. The summed E-state index contributed by atoms with van der Waals surface area (Å²) < 4.78 is 0. The van der Waals surface area contributed by atoms with Crippen molar-refractivity contribution in [3.05, 3.63) is 43.0 Å². The maximum absolute atomic E-state index is 12.5. The Morgan fingerprint density at radius 1 is 1.22 bits per heavy atom. The molecule has 2 heterocycles. The zero-order valence-electron chi connectivity index (χ0n) is 16.2. The molecule has 6 heteroatoms. The molecule has 1 aromatic carbocycles. The van der Waals surface area contributed by atoms with Crippen LogP contribution in [0.15, 0.2) is 43.0 Å². The molecule has 1 aromatic rings. The topological polar surface area (TPSA) is 55.9 Å². The van der Waals surface area contributed by atoms with Crippen LogP contribution in [0.5, 0.6) is 0 Å². The molecule has 0 aromatic heterocycles. The number of carbonyl (C=O) groups is 2. The summed E-state index contributed by atoms with van der Waals surface area (Å²) in [4.78, 5) is 31.4. The zero-order valence-corrected chi connectivity index (χ0v) is 16.2. The van der Waals surface area contributed by atoms with Crippen molar-refractivity contribution in [2.75, 3.05) is 51.6 Å². The van der Waals surface area contributed by atoms with E-state index < -0.39 is 0 Å². The van der Waals surface area contributed by atoms with Crippen molar-refractivity contribution < 1.29 is 9.59 Å². The number of nitrogens with zero attached hydrogens (tertiary/aromatic N) is 3. The van der Waals surface area contributed by atoms with E-state index in [1.165, 1.54) is 0 Å². The van der Waals surface area contributed by atoms with Gasteiger partial charge in [0.25, 0.3) is 0 Å². The Labute approximate surface area is 161 Å². The van der Waals surface area contributed by atoms with E-state index in [1.807, 2.05) is 35.2 Å². The van der Waals surface area contributed by atoms with Gasteiger partial charge in [0.2, 0.25) is 11.8 Å². The van der Waals surface area contributed by atoms with Crippen LogP contribution in [0.3, 0.4) is 0 Å². The summed E-state index contributed by atoms with van der Waals surface area (Å²) in [5.41, 5.74) is 0.781. The largest absolute Gasteiger partial charge is 0.339 e. The molecule has 2 aliphatic heterocycles. The lowest BCUT2D eigenvalue weighted by Gasteiger charge is -2.49. The van der Waals surface area contributed by atoms with Crippen molar-refractivity contribution in [2.45, 2.75) is 24.8 Å². The Bertz CT molecular complexity index is 678. The quantitative estimate of drug-likeness (QED) is 0.803. The van der Waals surface area contributed by atoms with Crippen LogP contribution in [0.4, 0.5) is 5.69 Å². The number of likely N-dealkylation sites (tertiary alicyclic amines) is 1. The second-order valence-corrected chi connectivity index (χ2v) is 7.65. The number of benzene rings is 1. The molecular weight excluding hydrogens is 340 g/mol. The zero-order chi connectivity index (χ0) is 19.3. The van der Waals surface area contributed by atoms with E-state index >= 15 is 0 Å². The van der Waals surface area contributed by atoms with E-state index in [0.717, 1.165) is 44.7 Å². The van der Waals surface area contributed by atoms with Gasteiger partial charge in [0.05, 0.1) is 6.54 Å². The van der Waals surface area contributed by atoms with Crippen molar-refractivity contribution in [1.29, 1.82) is 0 Å². The maximum atomic E-state index is 12.5. The second-order valence-electron chi connectivity index (χ2n) is 7.65. The molecule has 2 aliphatic rings. The molecule has 1 spiro atoms. The van der Waals surface area contributed by atoms with Gasteiger partial charge in [-0.05, 0) is 32.0 Å². The number of likely N-dealkylation sites (N-methyl/N-ethyl adjacent to an activating group) is 1. The molecule has 3 rings (SSSR count). The highest BCUT2D eigenvalue weighted by Gasteiger charge is 2.42. The molecule has 6 nitrogen and oxygen atoms in total. The van der Waals surface area contributed by atoms with Crippen molar-refractivity contribution >= 4 is 17.5 Å². The van der Waals surface area contributed by atoms with Crippen LogP contribution in [0.1, 0.15) is 19.3 Å². The van der Waals surface area contributed by atoms with Gasteiger partial charge in [0.1, 0.15) is 0 Å². The molecule has 1 atom stereocenters. The van der Waals surface area contributed by atoms with Crippen molar-refractivity contribution in [1.82, 2.24) is 14.7 Å². The Kier molecular flexibility index (Phi) is 6.29. The molecule has 0 radical (unpaired) electrons. The van der Waals surface area contributed by atoms with Gasteiger partial charge < -0.3 is 10.2 Å². The monoisotopic (exact) mass is 370 g/mol. The van der Waals surface area contributed by atoms with Gasteiger partial charge >= 0.3 is 0 Å². The number of amides is 2. The number of para-hydroxylation sites is 1. The molecule has 0 aliphatic carbocycles. The fourth-order valence-corrected chi connectivity index (χ4v) is 4.18. The molecule has 27 heavy (non-hydrogen) atoms. The number of hydrogen-bond donors (Lipinski definition) is 1. The average Bonchev–Trinajstić information content (AvgIpc) is 2.81. The van der Waals surface area contributed by atoms with E-state index in [1.54, 1.807) is 6.08 Å². The number of hydrogen-bond acceptors (Lipinski definition) is 4. The number of carbonyl (C=O) groups excluding carboxylic acids is 2. The molecule has 0 saturated carbocycles.